The summed E-state index contributed by atoms with van der Waals surface area (Å²) < 4.78 is 0. The molecule has 4 atom stereocenters. The molecule has 17 heavy (non-hydrogen) atoms. The normalized spacial score (nSPS) is 39.1. The molecule has 0 aliphatic carbocycles. The lowest BCUT2D eigenvalue weighted by Gasteiger charge is -2.40. The van der Waals surface area contributed by atoms with Gasteiger partial charge in [-0.15, -0.1) is 0 Å². The van der Waals surface area contributed by atoms with Gasteiger partial charge < -0.3 is 10.2 Å². The van der Waals surface area contributed by atoms with Crippen molar-refractivity contribution in [3.05, 3.63) is 0 Å². The summed E-state index contributed by atoms with van der Waals surface area (Å²) in [5.41, 5.74) is 0. The van der Waals surface area contributed by atoms with Gasteiger partial charge in [0.2, 0.25) is 5.91 Å². The van der Waals surface area contributed by atoms with Gasteiger partial charge in [-0.2, -0.15) is 0 Å². The fraction of sp³-hybridized carbons (Fsp3) is 0.929. The van der Waals surface area contributed by atoms with E-state index in [1.807, 2.05) is 0 Å². The summed E-state index contributed by atoms with van der Waals surface area (Å²) in [5.74, 6) is 1.35. The zero-order valence-electron chi connectivity index (χ0n) is 11.4. The first-order valence-electron chi connectivity index (χ1n) is 7.11. The first-order chi connectivity index (χ1) is 8.08. The van der Waals surface area contributed by atoms with E-state index in [0.29, 0.717) is 23.9 Å². The summed E-state index contributed by atoms with van der Waals surface area (Å²) in [6, 6.07) is 0.944. The predicted molar refractivity (Wildman–Crippen MR) is 69.8 cm³/mol. The molecule has 1 amide bonds. The van der Waals surface area contributed by atoms with Crippen molar-refractivity contribution in [1.29, 1.82) is 0 Å². The number of carbonyl (C=O) groups excluding carboxylic acids is 1. The van der Waals surface area contributed by atoms with Crippen molar-refractivity contribution in [3.8, 4) is 0 Å². The third-order valence-corrected chi connectivity index (χ3v) is 4.37. The Bertz CT molecular complexity index is 279. The molecule has 0 aromatic rings. The minimum Gasteiger partial charge on any atom is -0.339 e. The molecule has 0 spiro atoms. The molecule has 0 aromatic heterocycles. The maximum Gasteiger partial charge on any atom is 0.226 e. The molecule has 2 saturated heterocycles. The number of piperidine rings is 2. The number of rotatable bonds is 1. The molecular formula is C14H26N2O. The molecule has 0 bridgehead atoms. The van der Waals surface area contributed by atoms with Crippen LogP contribution in [0.5, 0.6) is 0 Å². The number of nitrogens with zero attached hydrogens (tertiary/aromatic N) is 1. The second kappa shape index (κ2) is 5.38. The Labute approximate surface area is 105 Å². The molecule has 2 rings (SSSR count). The first kappa shape index (κ1) is 12.9. The summed E-state index contributed by atoms with van der Waals surface area (Å²) in [6.45, 7) is 8.61. The Kier molecular flexibility index (Phi) is 4.08. The average Bonchev–Trinajstić information content (AvgIpc) is 2.31. The van der Waals surface area contributed by atoms with E-state index in [-0.39, 0.29) is 5.92 Å². The highest BCUT2D eigenvalue weighted by molar-refractivity contribution is 5.79. The lowest BCUT2D eigenvalue weighted by molar-refractivity contribution is -0.141. The van der Waals surface area contributed by atoms with Gasteiger partial charge in [0.15, 0.2) is 0 Å². The smallest absolute Gasteiger partial charge is 0.226 e. The monoisotopic (exact) mass is 238 g/mol. The van der Waals surface area contributed by atoms with Crippen molar-refractivity contribution in [2.24, 2.45) is 11.8 Å². The van der Waals surface area contributed by atoms with Crippen LogP contribution in [0.3, 0.4) is 0 Å². The van der Waals surface area contributed by atoms with Crippen LogP contribution in [0.15, 0.2) is 0 Å². The highest BCUT2D eigenvalue weighted by Crippen LogP contribution is 2.26. The number of likely N-dealkylation sites (tertiary alicyclic amines) is 1. The van der Waals surface area contributed by atoms with E-state index in [9.17, 15) is 4.79 Å². The SMILES string of the molecule is CC1CCC(C)N(C(=O)C2CCNC(C)C2)C1. The van der Waals surface area contributed by atoms with Crippen LogP contribution in [0, 0.1) is 11.8 Å². The molecule has 0 saturated carbocycles. The van der Waals surface area contributed by atoms with E-state index in [1.54, 1.807) is 0 Å². The Balaban J connectivity index is 1.97. The molecular weight excluding hydrogens is 212 g/mol. The second-order valence-corrected chi connectivity index (χ2v) is 6.10. The Morgan fingerprint density at radius 3 is 2.65 bits per heavy atom. The zero-order valence-corrected chi connectivity index (χ0v) is 11.4. The molecule has 0 aromatic carbocycles. The van der Waals surface area contributed by atoms with Gasteiger partial charge in [0.1, 0.15) is 0 Å². The number of hydrogen-bond acceptors (Lipinski definition) is 2. The maximum absolute atomic E-state index is 12.6. The van der Waals surface area contributed by atoms with Crippen molar-refractivity contribution in [3.63, 3.8) is 0 Å². The molecule has 2 heterocycles. The number of carbonyl (C=O) groups is 1. The summed E-state index contributed by atoms with van der Waals surface area (Å²) in [7, 11) is 0. The Morgan fingerprint density at radius 1 is 1.18 bits per heavy atom. The van der Waals surface area contributed by atoms with Crippen LogP contribution >= 0.6 is 0 Å². The van der Waals surface area contributed by atoms with Gasteiger partial charge in [-0.3, -0.25) is 4.79 Å². The molecule has 1 N–H and O–H groups in total. The van der Waals surface area contributed by atoms with Gasteiger partial charge in [0.25, 0.3) is 0 Å². The molecule has 98 valence electrons. The van der Waals surface area contributed by atoms with E-state index in [0.717, 1.165) is 25.9 Å². The fourth-order valence-corrected chi connectivity index (χ4v) is 3.19. The van der Waals surface area contributed by atoms with Crippen LogP contribution in [0.25, 0.3) is 0 Å². The number of nitrogens with one attached hydrogen (secondary N) is 1. The summed E-state index contributed by atoms with van der Waals surface area (Å²) >= 11 is 0. The summed E-state index contributed by atoms with van der Waals surface area (Å²) in [4.78, 5) is 14.7. The van der Waals surface area contributed by atoms with Gasteiger partial charge in [0.05, 0.1) is 0 Å². The van der Waals surface area contributed by atoms with Crippen molar-refractivity contribution in [1.82, 2.24) is 10.2 Å². The highest BCUT2D eigenvalue weighted by Gasteiger charge is 2.33. The summed E-state index contributed by atoms with van der Waals surface area (Å²) in [5, 5.41) is 3.42. The van der Waals surface area contributed by atoms with E-state index in [2.05, 4.69) is 31.0 Å². The lowest BCUT2D eigenvalue weighted by atomic mass is 9.88. The molecule has 2 aliphatic heterocycles. The first-order valence-corrected chi connectivity index (χ1v) is 7.11. The summed E-state index contributed by atoms with van der Waals surface area (Å²) in [6.07, 6.45) is 4.47. The van der Waals surface area contributed by atoms with E-state index >= 15 is 0 Å². The molecule has 3 heteroatoms. The maximum atomic E-state index is 12.6. The third kappa shape index (κ3) is 3.01. The van der Waals surface area contributed by atoms with Crippen LogP contribution < -0.4 is 5.32 Å². The van der Waals surface area contributed by atoms with Crippen molar-refractivity contribution in [2.45, 2.75) is 58.5 Å². The average molecular weight is 238 g/mol. The van der Waals surface area contributed by atoms with E-state index < -0.39 is 0 Å². The van der Waals surface area contributed by atoms with E-state index in [4.69, 9.17) is 0 Å². The molecule has 0 radical (unpaired) electrons. The minimum absolute atomic E-state index is 0.263. The van der Waals surface area contributed by atoms with Gasteiger partial charge in [-0.1, -0.05) is 6.92 Å². The van der Waals surface area contributed by atoms with Crippen LogP contribution in [0.2, 0.25) is 0 Å². The molecule has 3 nitrogen and oxygen atoms in total. The minimum atomic E-state index is 0.263. The molecule has 2 fully saturated rings. The lowest BCUT2D eigenvalue weighted by Crippen LogP contribution is -2.50. The van der Waals surface area contributed by atoms with Gasteiger partial charge >= 0.3 is 0 Å². The molecule has 2 aliphatic rings. The number of hydrogen-bond donors (Lipinski definition) is 1. The van der Waals surface area contributed by atoms with Crippen LogP contribution in [-0.4, -0.2) is 36.0 Å². The van der Waals surface area contributed by atoms with Crippen molar-refractivity contribution < 1.29 is 4.79 Å². The largest absolute Gasteiger partial charge is 0.339 e. The fourth-order valence-electron chi connectivity index (χ4n) is 3.19. The highest BCUT2D eigenvalue weighted by atomic mass is 16.2. The second-order valence-electron chi connectivity index (χ2n) is 6.10. The number of amides is 1. The van der Waals surface area contributed by atoms with Gasteiger partial charge in [-0.05, 0) is 52.0 Å². The van der Waals surface area contributed by atoms with Crippen LogP contribution in [-0.2, 0) is 4.79 Å². The zero-order chi connectivity index (χ0) is 12.4. The van der Waals surface area contributed by atoms with Gasteiger partial charge in [0, 0.05) is 24.5 Å². The standard InChI is InChI=1S/C14H26N2O/c1-10-4-5-12(3)16(9-10)14(17)13-6-7-15-11(2)8-13/h10-13,15H,4-9H2,1-3H3. The third-order valence-electron chi connectivity index (χ3n) is 4.37. The van der Waals surface area contributed by atoms with Crippen molar-refractivity contribution in [2.75, 3.05) is 13.1 Å². The molecule has 4 unspecified atom stereocenters. The Morgan fingerprint density at radius 2 is 1.94 bits per heavy atom. The quantitative estimate of drug-likeness (QED) is 0.758. The van der Waals surface area contributed by atoms with E-state index in [1.165, 1.54) is 12.8 Å². The van der Waals surface area contributed by atoms with Crippen molar-refractivity contribution >= 4 is 5.91 Å². The Hall–Kier alpha value is -0.570. The van der Waals surface area contributed by atoms with Crippen LogP contribution in [0.1, 0.15) is 46.5 Å². The topological polar surface area (TPSA) is 32.3 Å². The predicted octanol–water partition coefficient (Wildman–Crippen LogP) is 2.02. The van der Waals surface area contributed by atoms with Gasteiger partial charge in [-0.25, -0.2) is 0 Å². The van der Waals surface area contributed by atoms with Crippen LogP contribution in [0.4, 0.5) is 0 Å².